The van der Waals surface area contributed by atoms with Gasteiger partial charge in [-0.3, -0.25) is 13.9 Å². The molecular weight excluding hydrogens is 478 g/mol. The Hall–Kier alpha value is -3.07. The van der Waals surface area contributed by atoms with E-state index in [0.717, 1.165) is 47.4 Å². The van der Waals surface area contributed by atoms with Gasteiger partial charge in [-0.15, -0.1) is 0 Å². The van der Waals surface area contributed by atoms with Crippen molar-refractivity contribution in [3.8, 4) is 5.75 Å². The zero-order chi connectivity index (χ0) is 26.3. The van der Waals surface area contributed by atoms with Crippen LogP contribution in [0.4, 0.5) is 5.69 Å². The Bertz CT molecular complexity index is 1160. The minimum Gasteiger partial charge on any atom is -0.492 e. The van der Waals surface area contributed by atoms with E-state index in [1.165, 1.54) is 4.90 Å². The molecule has 9 heteroatoms. The number of anilines is 1. The van der Waals surface area contributed by atoms with Crippen molar-refractivity contribution in [2.45, 2.75) is 65.1 Å². The van der Waals surface area contributed by atoms with Crippen molar-refractivity contribution in [3.63, 3.8) is 0 Å². The van der Waals surface area contributed by atoms with Crippen molar-refractivity contribution >= 4 is 27.5 Å². The number of para-hydroxylation sites is 2. The topological polar surface area (TPSA) is 96.0 Å². The summed E-state index contributed by atoms with van der Waals surface area (Å²) in [4.78, 5) is 28.3. The highest BCUT2D eigenvalue weighted by Crippen LogP contribution is 2.30. The largest absolute Gasteiger partial charge is 0.492 e. The number of hydrogen-bond acceptors (Lipinski definition) is 5. The van der Waals surface area contributed by atoms with Crippen LogP contribution in [0.1, 0.15) is 50.7 Å². The Morgan fingerprint density at radius 2 is 1.81 bits per heavy atom. The molecule has 0 bridgehead atoms. The SMILES string of the molecule is CCOc1ccccc1N(CC(=O)N(Cc1cccc(C)c1)[C@@H](C)C(=O)NC1CCCC1)S(C)(=O)=O. The first-order valence-electron chi connectivity index (χ1n) is 12.4. The monoisotopic (exact) mass is 515 g/mol. The van der Waals surface area contributed by atoms with Gasteiger partial charge in [0.1, 0.15) is 18.3 Å². The van der Waals surface area contributed by atoms with E-state index in [1.54, 1.807) is 38.1 Å². The summed E-state index contributed by atoms with van der Waals surface area (Å²) >= 11 is 0. The molecule has 1 saturated carbocycles. The molecule has 0 unspecified atom stereocenters. The summed E-state index contributed by atoms with van der Waals surface area (Å²) < 4.78 is 32.3. The van der Waals surface area contributed by atoms with Crippen molar-refractivity contribution in [2.75, 3.05) is 23.7 Å². The van der Waals surface area contributed by atoms with Gasteiger partial charge in [0.25, 0.3) is 0 Å². The summed E-state index contributed by atoms with van der Waals surface area (Å²) in [6.45, 7) is 5.54. The van der Waals surface area contributed by atoms with Gasteiger partial charge in [-0.25, -0.2) is 8.42 Å². The fraction of sp³-hybridized carbons (Fsp3) is 0.481. The minimum atomic E-state index is -3.83. The van der Waals surface area contributed by atoms with Gasteiger partial charge in [0.15, 0.2) is 0 Å². The van der Waals surface area contributed by atoms with E-state index < -0.39 is 28.5 Å². The van der Waals surface area contributed by atoms with Crippen LogP contribution in [0.15, 0.2) is 48.5 Å². The molecule has 0 heterocycles. The molecule has 1 N–H and O–H groups in total. The van der Waals surface area contributed by atoms with Gasteiger partial charge >= 0.3 is 0 Å². The predicted octanol–water partition coefficient (Wildman–Crippen LogP) is 3.64. The van der Waals surface area contributed by atoms with Gasteiger partial charge in [-0.05, 0) is 51.3 Å². The molecule has 2 amide bonds. The number of amides is 2. The Morgan fingerprint density at radius 3 is 2.44 bits per heavy atom. The molecule has 3 rings (SSSR count). The highest BCUT2D eigenvalue weighted by molar-refractivity contribution is 7.92. The number of ether oxygens (including phenoxy) is 1. The van der Waals surface area contributed by atoms with Crippen LogP contribution in [-0.4, -0.2) is 56.6 Å². The van der Waals surface area contributed by atoms with Gasteiger partial charge < -0.3 is 15.0 Å². The second kappa shape index (κ2) is 12.3. The van der Waals surface area contributed by atoms with Crippen LogP contribution in [0.2, 0.25) is 0 Å². The number of aryl methyl sites for hydroxylation is 1. The van der Waals surface area contributed by atoms with Crippen LogP contribution < -0.4 is 14.4 Å². The Balaban J connectivity index is 1.91. The van der Waals surface area contributed by atoms with Crippen molar-refractivity contribution in [2.24, 2.45) is 0 Å². The van der Waals surface area contributed by atoms with E-state index >= 15 is 0 Å². The maximum Gasteiger partial charge on any atom is 0.244 e. The van der Waals surface area contributed by atoms with Crippen LogP contribution in [0.25, 0.3) is 0 Å². The maximum atomic E-state index is 13.7. The number of benzene rings is 2. The predicted molar refractivity (Wildman–Crippen MR) is 141 cm³/mol. The molecule has 1 aliphatic rings. The van der Waals surface area contributed by atoms with E-state index in [0.29, 0.717) is 12.4 Å². The number of nitrogens with one attached hydrogen (secondary N) is 1. The maximum absolute atomic E-state index is 13.7. The lowest BCUT2D eigenvalue weighted by Gasteiger charge is -2.32. The van der Waals surface area contributed by atoms with Gasteiger partial charge in [0.05, 0.1) is 18.6 Å². The molecule has 0 aromatic heterocycles. The molecule has 2 aromatic rings. The Morgan fingerprint density at radius 1 is 1.11 bits per heavy atom. The fourth-order valence-corrected chi connectivity index (χ4v) is 5.37. The van der Waals surface area contributed by atoms with E-state index in [4.69, 9.17) is 4.74 Å². The lowest BCUT2D eigenvalue weighted by atomic mass is 10.1. The summed E-state index contributed by atoms with van der Waals surface area (Å²) in [5.41, 5.74) is 2.18. The van der Waals surface area contributed by atoms with Crippen LogP contribution in [0.5, 0.6) is 5.75 Å². The molecule has 2 aromatic carbocycles. The average Bonchev–Trinajstić information content (AvgIpc) is 3.33. The summed E-state index contributed by atoms with van der Waals surface area (Å²) in [6, 6.07) is 13.8. The van der Waals surface area contributed by atoms with Crippen molar-refractivity contribution in [3.05, 3.63) is 59.7 Å². The molecule has 0 spiro atoms. The highest BCUT2D eigenvalue weighted by Gasteiger charge is 2.32. The van der Waals surface area contributed by atoms with E-state index in [-0.39, 0.29) is 24.2 Å². The van der Waals surface area contributed by atoms with Gasteiger partial charge in [-0.1, -0.05) is 54.8 Å². The molecule has 8 nitrogen and oxygen atoms in total. The third kappa shape index (κ3) is 7.22. The van der Waals surface area contributed by atoms with E-state index in [2.05, 4.69) is 5.32 Å². The first-order chi connectivity index (χ1) is 17.1. The normalized spacial score (nSPS) is 14.8. The number of carbonyl (C=O) groups excluding carboxylic acids is 2. The zero-order valence-electron chi connectivity index (χ0n) is 21.6. The smallest absolute Gasteiger partial charge is 0.244 e. The highest BCUT2D eigenvalue weighted by atomic mass is 32.2. The first kappa shape index (κ1) is 27.5. The molecule has 0 aliphatic heterocycles. The number of hydrogen-bond donors (Lipinski definition) is 1. The van der Waals surface area contributed by atoms with Crippen LogP contribution in [-0.2, 0) is 26.2 Å². The van der Waals surface area contributed by atoms with Crippen LogP contribution in [0, 0.1) is 6.92 Å². The molecular formula is C27H37N3O5S. The third-order valence-corrected chi connectivity index (χ3v) is 7.54. The zero-order valence-corrected chi connectivity index (χ0v) is 22.4. The number of sulfonamides is 1. The van der Waals surface area contributed by atoms with Crippen LogP contribution >= 0.6 is 0 Å². The summed E-state index contributed by atoms with van der Waals surface area (Å²) in [5, 5.41) is 3.07. The van der Waals surface area contributed by atoms with Crippen molar-refractivity contribution in [1.82, 2.24) is 10.2 Å². The number of nitrogens with zero attached hydrogens (tertiary/aromatic N) is 2. The lowest BCUT2D eigenvalue weighted by Crippen LogP contribution is -2.52. The van der Waals surface area contributed by atoms with Crippen molar-refractivity contribution in [1.29, 1.82) is 0 Å². The van der Waals surface area contributed by atoms with Gasteiger partial charge in [0.2, 0.25) is 21.8 Å². The number of carbonyl (C=O) groups is 2. The molecule has 0 saturated heterocycles. The minimum absolute atomic E-state index is 0.112. The second-order valence-corrected chi connectivity index (χ2v) is 11.3. The summed E-state index contributed by atoms with van der Waals surface area (Å²) in [7, 11) is -3.83. The molecule has 1 atom stereocenters. The quantitative estimate of drug-likeness (QED) is 0.493. The summed E-state index contributed by atoms with van der Waals surface area (Å²) in [6.07, 6.45) is 5.08. The standard InChI is InChI=1S/C27H37N3O5S/c1-5-35-25-16-9-8-15-24(25)30(36(4,33)34)19-26(31)29(18-22-12-10-11-20(2)17-22)21(3)27(32)28-23-13-6-7-14-23/h8-12,15-17,21,23H,5-7,13-14,18-19H2,1-4H3,(H,28,32)/t21-/m0/s1. The van der Waals surface area contributed by atoms with Gasteiger partial charge in [-0.2, -0.15) is 0 Å². The summed E-state index contributed by atoms with van der Waals surface area (Å²) in [5.74, 6) is -0.332. The van der Waals surface area contributed by atoms with E-state index in [9.17, 15) is 18.0 Å². The molecule has 196 valence electrons. The van der Waals surface area contributed by atoms with Gasteiger partial charge in [0, 0.05) is 12.6 Å². The Labute approximate surface area is 214 Å². The molecule has 1 aliphatic carbocycles. The molecule has 0 radical (unpaired) electrons. The van der Waals surface area contributed by atoms with Crippen LogP contribution in [0.3, 0.4) is 0 Å². The third-order valence-electron chi connectivity index (χ3n) is 6.42. The molecule has 36 heavy (non-hydrogen) atoms. The first-order valence-corrected chi connectivity index (χ1v) is 14.3. The Kier molecular flexibility index (Phi) is 9.37. The lowest BCUT2D eigenvalue weighted by molar-refractivity contribution is -0.139. The average molecular weight is 516 g/mol. The second-order valence-electron chi connectivity index (χ2n) is 9.35. The fourth-order valence-electron chi connectivity index (χ4n) is 4.52. The molecule has 1 fully saturated rings. The number of rotatable bonds is 11. The van der Waals surface area contributed by atoms with Crippen molar-refractivity contribution < 1.29 is 22.7 Å². The van der Waals surface area contributed by atoms with E-state index in [1.807, 2.05) is 31.2 Å².